The summed E-state index contributed by atoms with van der Waals surface area (Å²) in [6, 6.07) is 6.51. The van der Waals surface area contributed by atoms with Gasteiger partial charge in [0.25, 0.3) is 5.69 Å². The number of hydrogen-bond acceptors (Lipinski definition) is 6. The molecule has 2 aromatic heterocycles. The van der Waals surface area contributed by atoms with Gasteiger partial charge in [-0.25, -0.2) is 9.67 Å². The van der Waals surface area contributed by atoms with Crippen LogP contribution in [0.4, 0.5) is 18.9 Å². The number of halogens is 5. The van der Waals surface area contributed by atoms with Gasteiger partial charge in [0.1, 0.15) is 18.0 Å². The normalized spacial score (nSPS) is 11.7. The number of hydrogen-bond donors (Lipinski definition) is 0. The number of para-hydroxylation sites is 1. The molecule has 1 aromatic carbocycles. The highest BCUT2D eigenvalue weighted by molar-refractivity contribution is 6.37. The summed E-state index contributed by atoms with van der Waals surface area (Å²) in [7, 11) is 0. The lowest BCUT2D eigenvalue weighted by Crippen LogP contribution is -2.14. The second-order valence-corrected chi connectivity index (χ2v) is 7.43. The molecular formula is C18H14Cl2F3N5O3. The number of nitrogens with zero attached hydrogens (tertiary/aromatic N) is 5. The van der Waals surface area contributed by atoms with Gasteiger partial charge in [0.2, 0.25) is 11.6 Å². The number of nitro groups is 1. The second-order valence-electron chi connectivity index (χ2n) is 6.62. The Morgan fingerprint density at radius 2 is 1.84 bits per heavy atom. The van der Waals surface area contributed by atoms with Crippen LogP contribution in [0.5, 0.6) is 5.88 Å². The van der Waals surface area contributed by atoms with E-state index >= 15 is 0 Å². The molecule has 0 atom stereocenters. The van der Waals surface area contributed by atoms with Gasteiger partial charge in [0.15, 0.2) is 0 Å². The molecule has 0 radical (unpaired) electrons. The zero-order chi connectivity index (χ0) is 22.9. The first-order valence-corrected chi connectivity index (χ1v) is 9.50. The fourth-order valence-corrected chi connectivity index (χ4v) is 3.34. The number of pyridine rings is 1. The maximum Gasteiger partial charge on any atom is 0.440 e. The van der Waals surface area contributed by atoms with Crippen LogP contribution >= 0.6 is 23.2 Å². The molecule has 13 heteroatoms. The molecule has 0 saturated heterocycles. The molecule has 0 bridgehead atoms. The Morgan fingerprint density at radius 1 is 1.19 bits per heavy atom. The van der Waals surface area contributed by atoms with E-state index in [-0.39, 0.29) is 22.6 Å². The first kappa shape index (κ1) is 22.8. The summed E-state index contributed by atoms with van der Waals surface area (Å²) in [6.45, 7) is 3.40. The van der Waals surface area contributed by atoms with Gasteiger partial charge < -0.3 is 4.74 Å². The van der Waals surface area contributed by atoms with Gasteiger partial charge in [-0.15, -0.1) is 5.10 Å². The van der Waals surface area contributed by atoms with Crippen LogP contribution in [-0.4, -0.2) is 24.9 Å². The van der Waals surface area contributed by atoms with Gasteiger partial charge in [-0.05, 0) is 18.1 Å². The Hall–Kier alpha value is -2.92. The number of ether oxygens (including phenoxy) is 1. The molecular weight excluding hydrogens is 462 g/mol. The van der Waals surface area contributed by atoms with E-state index in [1.165, 1.54) is 4.68 Å². The average molecular weight is 476 g/mol. The van der Waals surface area contributed by atoms with Gasteiger partial charge in [-0.2, -0.15) is 13.2 Å². The maximum absolute atomic E-state index is 13.2. The zero-order valence-corrected chi connectivity index (χ0v) is 17.5. The smallest absolute Gasteiger partial charge is 0.440 e. The standard InChI is InChI=1S/C18H14Cl2F3N5O3/c1-9(2)15-13(27(26-25-15)16-10(19)4-3-5-11(16)20)8-31-14-7-6-12(28(29)30)17(24-14)18(21,22)23/h3-7,9H,8H2,1-2H3. The van der Waals surface area contributed by atoms with Crippen molar-refractivity contribution in [3.63, 3.8) is 0 Å². The van der Waals surface area contributed by atoms with Crippen LogP contribution in [0.3, 0.4) is 0 Å². The number of alkyl halides is 3. The lowest BCUT2D eigenvalue weighted by Gasteiger charge is -2.13. The van der Waals surface area contributed by atoms with Crippen molar-refractivity contribution >= 4 is 28.9 Å². The van der Waals surface area contributed by atoms with E-state index < -0.39 is 28.4 Å². The second kappa shape index (κ2) is 8.67. The van der Waals surface area contributed by atoms with Crippen LogP contribution in [0.25, 0.3) is 5.69 Å². The third-order valence-corrected chi connectivity index (χ3v) is 4.77. The van der Waals surface area contributed by atoms with Gasteiger partial charge in [-0.1, -0.05) is 48.3 Å². The van der Waals surface area contributed by atoms with Crippen molar-refractivity contribution in [1.82, 2.24) is 20.0 Å². The van der Waals surface area contributed by atoms with Crippen molar-refractivity contribution in [3.05, 3.63) is 67.6 Å². The monoisotopic (exact) mass is 475 g/mol. The first-order valence-electron chi connectivity index (χ1n) is 8.75. The van der Waals surface area contributed by atoms with Gasteiger partial charge in [0, 0.05) is 12.1 Å². The largest absolute Gasteiger partial charge is 0.471 e. The third kappa shape index (κ3) is 4.72. The Balaban J connectivity index is 2.01. The summed E-state index contributed by atoms with van der Waals surface area (Å²) in [4.78, 5) is 13.0. The molecule has 3 rings (SSSR count). The molecule has 0 N–H and O–H groups in total. The van der Waals surface area contributed by atoms with E-state index in [2.05, 4.69) is 15.3 Å². The first-order chi connectivity index (χ1) is 14.5. The predicted octanol–water partition coefficient (Wildman–Crippen LogP) is 5.60. The summed E-state index contributed by atoms with van der Waals surface area (Å²) in [5.74, 6) is -0.560. The van der Waals surface area contributed by atoms with E-state index in [0.717, 1.165) is 6.07 Å². The molecule has 0 spiro atoms. The minimum absolute atomic E-state index is 0.107. The fourth-order valence-electron chi connectivity index (χ4n) is 2.78. The van der Waals surface area contributed by atoms with Crippen LogP contribution in [0.1, 0.15) is 36.8 Å². The van der Waals surface area contributed by atoms with Crippen LogP contribution in [0.2, 0.25) is 10.0 Å². The molecule has 0 saturated carbocycles. The molecule has 0 aliphatic rings. The minimum Gasteiger partial charge on any atom is -0.471 e. The van der Waals surface area contributed by atoms with E-state index in [9.17, 15) is 23.3 Å². The van der Waals surface area contributed by atoms with E-state index in [1.54, 1.807) is 18.2 Å². The van der Waals surface area contributed by atoms with Gasteiger partial charge in [0.05, 0.1) is 20.7 Å². The molecule has 3 aromatic rings. The van der Waals surface area contributed by atoms with Crippen molar-refractivity contribution in [1.29, 1.82) is 0 Å². The van der Waals surface area contributed by atoms with E-state index in [1.807, 2.05) is 13.8 Å². The lowest BCUT2D eigenvalue weighted by atomic mass is 10.1. The lowest BCUT2D eigenvalue weighted by molar-refractivity contribution is -0.388. The average Bonchev–Trinajstić information content (AvgIpc) is 3.09. The highest BCUT2D eigenvalue weighted by Crippen LogP contribution is 2.36. The summed E-state index contributed by atoms with van der Waals surface area (Å²) in [6.07, 6.45) is -5.03. The van der Waals surface area contributed by atoms with Gasteiger partial charge in [-0.3, -0.25) is 10.1 Å². The zero-order valence-electron chi connectivity index (χ0n) is 16.0. The quantitative estimate of drug-likeness (QED) is 0.340. The number of aromatic nitrogens is 4. The molecule has 0 amide bonds. The van der Waals surface area contributed by atoms with Crippen LogP contribution in [-0.2, 0) is 12.8 Å². The summed E-state index contributed by atoms with van der Waals surface area (Å²) < 4.78 is 46.3. The molecule has 164 valence electrons. The van der Waals surface area contributed by atoms with Crippen LogP contribution in [0, 0.1) is 10.1 Å². The SMILES string of the molecule is CC(C)c1nnn(-c2c(Cl)cccc2Cl)c1COc1ccc([N+](=O)[O-])c(C(F)(F)F)n1. The van der Waals surface area contributed by atoms with Crippen molar-refractivity contribution in [3.8, 4) is 11.6 Å². The van der Waals surface area contributed by atoms with Crippen LogP contribution < -0.4 is 4.74 Å². The molecule has 0 fully saturated rings. The molecule has 0 aliphatic carbocycles. The van der Waals surface area contributed by atoms with Crippen molar-refractivity contribution in [2.45, 2.75) is 32.5 Å². The number of benzene rings is 1. The highest BCUT2D eigenvalue weighted by atomic mass is 35.5. The summed E-state index contributed by atoms with van der Waals surface area (Å²) >= 11 is 12.5. The van der Waals surface area contributed by atoms with Crippen LogP contribution in [0.15, 0.2) is 30.3 Å². The van der Waals surface area contributed by atoms with E-state index in [0.29, 0.717) is 23.1 Å². The Morgan fingerprint density at radius 3 is 2.39 bits per heavy atom. The van der Waals surface area contributed by atoms with E-state index in [4.69, 9.17) is 27.9 Å². The number of rotatable bonds is 6. The summed E-state index contributed by atoms with van der Waals surface area (Å²) in [5, 5.41) is 19.6. The van der Waals surface area contributed by atoms with Crippen molar-refractivity contribution in [2.75, 3.05) is 0 Å². The minimum atomic E-state index is -5.03. The third-order valence-electron chi connectivity index (χ3n) is 4.16. The fraction of sp³-hybridized carbons (Fsp3) is 0.278. The van der Waals surface area contributed by atoms with Crippen molar-refractivity contribution < 1.29 is 22.8 Å². The molecule has 2 heterocycles. The molecule has 0 aliphatic heterocycles. The molecule has 0 unspecified atom stereocenters. The topological polar surface area (TPSA) is 96.0 Å². The molecule has 8 nitrogen and oxygen atoms in total. The van der Waals surface area contributed by atoms with Gasteiger partial charge >= 0.3 is 6.18 Å². The maximum atomic E-state index is 13.2. The Bertz CT molecular complexity index is 1110. The van der Waals surface area contributed by atoms with Crippen molar-refractivity contribution in [2.24, 2.45) is 0 Å². The molecule has 31 heavy (non-hydrogen) atoms. The predicted molar refractivity (Wildman–Crippen MR) is 106 cm³/mol. The Labute approximate surface area is 183 Å². The Kier molecular flexibility index (Phi) is 6.37. The highest BCUT2D eigenvalue weighted by Gasteiger charge is 2.41. The summed E-state index contributed by atoms with van der Waals surface area (Å²) in [5.41, 5.74) is -1.60.